The van der Waals surface area contributed by atoms with Crippen LogP contribution in [0.15, 0.2) is 91.0 Å². The van der Waals surface area contributed by atoms with Crippen molar-refractivity contribution in [3.05, 3.63) is 124 Å². The van der Waals surface area contributed by atoms with Crippen molar-refractivity contribution in [2.45, 2.75) is 64.7 Å². The highest BCUT2D eigenvalue weighted by atomic mass is 35.5. The molecule has 2 amide bonds. The number of anilines is 1. The second-order valence-electron chi connectivity index (χ2n) is 13.6. The summed E-state index contributed by atoms with van der Waals surface area (Å²) in [5, 5.41) is 6.34. The number of benzene rings is 4. The summed E-state index contributed by atoms with van der Waals surface area (Å²) in [5.74, 6) is -1.16. The molecule has 252 valence electrons. The molecule has 1 aliphatic carbocycles. The number of nitrogens with one attached hydrogen (secondary N) is 2. The van der Waals surface area contributed by atoms with Crippen molar-refractivity contribution in [1.82, 2.24) is 5.32 Å². The number of halogens is 1. The number of amides is 2. The molecule has 0 bridgehead atoms. The van der Waals surface area contributed by atoms with Crippen molar-refractivity contribution in [3.8, 4) is 11.1 Å². The first-order valence-corrected chi connectivity index (χ1v) is 18.3. The maximum Gasteiger partial charge on any atom is 0.266 e. The van der Waals surface area contributed by atoms with Crippen LogP contribution in [0.3, 0.4) is 0 Å². The van der Waals surface area contributed by atoms with Crippen molar-refractivity contribution < 1.29 is 22.6 Å². The van der Waals surface area contributed by atoms with Gasteiger partial charge in [0.05, 0.1) is 11.7 Å². The Bertz CT molecular complexity index is 1860. The molecule has 7 nitrogen and oxygen atoms in total. The first kappa shape index (κ1) is 35.3. The number of hydrogen-bond acceptors (Lipinski definition) is 4. The molecule has 0 radical (unpaired) electrons. The first-order chi connectivity index (χ1) is 22.8. The topological polar surface area (TPSA) is 113 Å². The fourth-order valence-corrected chi connectivity index (χ4v) is 7.05. The highest BCUT2D eigenvalue weighted by Gasteiger charge is 2.29. The molecular weight excluding hydrogens is 644 g/mol. The van der Waals surface area contributed by atoms with Crippen molar-refractivity contribution in [2.75, 3.05) is 17.6 Å². The first-order valence-electron chi connectivity index (χ1n) is 16.4. The van der Waals surface area contributed by atoms with Crippen molar-refractivity contribution in [3.63, 3.8) is 0 Å². The number of carbonyl (C=O) groups is 2. The van der Waals surface area contributed by atoms with Crippen LogP contribution in [0.25, 0.3) is 11.1 Å². The van der Waals surface area contributed by atoms with Gasteiger partial charge in [0, 0.05) is 22.8 Å². The van der Waals surface area contributed by atoms with Gasteiger partial charge in [0.1, 0.15) is 0 Å². The second-order valence-corrected chi connectivity index (χ2v) is 15.6. The van der Waals surface area contributed by atoms with Crippen molar-refractivity contribution >= 4 is 39.2 Å². The van der Waals surface area contributed by atoms with Gasteiger partial charge < -0.3 is 10.6 Å². The lowest BCUT2D eigenvalue weighted by molar-refractivity contribution is -0.117. The molecule has 4 aromatic carbocycles. The Labute approximate surface area is 288 Å². The smallest absolute Gasteiger partial charge is 0.266 e. The van der Waals surface area contributed by atoms with Gasteiger partial charge in [-0.2, -0.15) is 8.42 Å². The molecule has 9 heteroatoms. The van der Waals surface area contributed by atoms with Crippen LogP contribution >= 0.6 is 11.6 Å². The summed E-state index contributed by atoms with van der Waals surface area (Å²) in [7, 11) is -4.17. The van der Waals surface area contributed by atoms with Crippen LogP contribution < -0.4 is 10.6 Å². The van der Waals surface area contributed by atoms with Gasteiger partial charge in [-0.25, -0.2) is 0 Å². The summed E-state index contributed by atoms with van der Waals surface area (Å²) in [6, 6.07) is 29.0. The zero-order chi connectivity index (χ0) is 34.5. The van der Waals surface area contributed by atoms with E-state index >= 15 is 0 Å². The number of rotatable bonds is 11. The van der Waals surface area contributed by atoms with E-state index in [9.17, 15) is 18.0 Å². The lowest BCUT2D eigenvalue weighted by Gasteiger charge is -2.34. The highest BCUT2D eigenvalue weighted by Crippen LogP contribution is 2.43. The predicted molar refractivity (Wildman–Crippen MR) is 193 cm³/mol. The minimum Gasteiger partial charge on any atom is -0.351 e. The van der Waals surface area contributed by atoms with Gasteiger partial charge in [-0.15, -0.1) is 0 Å². The van der Waals surface area contributed by atoms with Crippen LogP contribution in [-0.2, 0) is 21.3 Å². The number of carbonyl (C=O) groups excluding carboxylic acids is 2. The Morgan fingerprint density at radius 3 is 2.27 bits per heavy atom. The Kier molecular flexibility index (Phi) is 11.1. The average Bonchev–Trinajstić information content (AvgIpc) is 3.04. The maximum absolute atomic E-state index is 14.1. The number of aryl methyl sites for hydroxylation is 1. The lowest BCUT2D eigenvalue weighted by atomic mass is 9.71. The molecule has 4 aromatic rings. The van der Waals surface area contributed by atoms with Crippen LogP contribution in [0.1, 0.15) is 84.0 Å². The van der Waals surface area contributed by atoms with E-state index in [0.29, 0.717) is 34.0 Å². The molecule has 5 rings (SSSR count). The highest BCUT2D eigenvalue weighted by molar-refractivity contribution is 7.85. The zero-order valence-corrected chi connectivity index (χ0v) is 29.2. The summed E-state index contributed by atoms with van der Waals surface area (Å²) < 4.78 is 30.9. The summed E-state index contributed by atoms with van der Waals surface area (Å²) in [6.07, 6.45) is 5.01. The Balaban J connectivity index is 1.36. The molecule has 1 fully saturated rings. The van der Waals surface area contributed by atoms with E-state index in [4.69, 9.17) is 16.2 Å². The van der Waals surface area contributed by atoms with Crippen LogP contribution in [0.5, 0.6) is 0 Å². The third kappa shape index (κ3) is 9.56. The molecule has 1 aliphatic rings. The zero-order valence-electron chi connectivity index (χ0n) is 27.6. The minimum absolute atomic E-state index is 0.126. The molecule has 1 atom stereocenters. The fraction of sp³-hybridized carbons (Fsp3) is 0.333. The Hall–Kier alpha value is -3.98. The molecule has 0 saturated heterocycles. The van der Waals surface area contributed by atoms with Gasteiger partial charge in [0.15, 0.2) is 0 Å². The summed E-state index contributed by atoms with van der Waals surface area (Å²) in [6.45, 7) is 6.48. The lowest BCUT2D eigenvalue weighted by Crippen LogP contribution is -2.28. The van der Waals surface area contributed by atoms with Crippen LogP contribution in [0.2, 0.25) is 5.02 Å². The second kappa shape index (κ2) is 15.1. The Morgan fingerprint density at radius 1 is 0.938 bits per heavy atom. The minimum atomic E-state index is -4.17. The average molecular weight is 687 g/mol. The maximum atomic E-state index is 14.1. The van der Waals surface area contributed by atoms with E-state index in [1.165, 1.54) is 18.4 Å². The van der Waals surface area contributed by atoms with E-state index in [0.717, 1.165) is 40.7 Å². The fourth-order valence-electron chi connectivity index (χ4n) is 6.46. The van der Waals surface area contributed by atoms with Gasteiger partial charge in [-0.05, 0) is 120 Å². The standard InChI is InChI=1S/C39H43ClN2O5S/c1-26-23-33(40)13-16-35(26)29-11-14-34(15-12-29)42-38(44)36(32-6-4-5-31(25-32)28-17-19-39(2,3)20-18-28)24-27-7-9-30(10-8-27)37(43)41-21-22-48(45,46)47/h4-16,23,25,28,36H,17-22,24H2,1-3H3,(H,41,43)(H,42,44)(H,45,46,47)/t36-/m0/s1. The van der Waals surface area contributed by atoms with Gasteiger partial charge in [-0.1, -0.05) is 80.0 Å². The monoisotopic (exact) mass is 686 g/mol. The predicted octanol–water partition coefficient (Wildman–Crippen LogP) is 8.58. The largest absolute Gasteiger partial charge is 0.351 e. The summed E-state index contributed by atoms with van der Waals surface area (Å²) in [4.78, 5) is 26.6. The van der Waals surface area contributed by atoms with Crippen molar-refractivity contribution in [2.24, 2.45) is 5.41 Å². The third-order valence-electron chi connectivity index (χ3n) is 9.39. The molecule has 1 saturated carbocycles. The molecular formula is C39H43ClN2O5S. The number of hydrogen-bond donors (Lipinski definition) is 3. The SMILES string of the molecule is Cc1cc(Cl)ccc1-c1ccc(NC(=O)[C@@H](Cc2ccc(C(=O)NCCS(=O)(=O)O)cc2)c2cccc(C3CCC(C)(C)CC3)c2)cc1. The quantitative estimate of drug-likeness (QED) is 0.137. The van der Waals surface area contributed by atoms with Crippen LogP contribution in [-0.4, -0.2) is 37.1 Å². The van der Waals surface area contributed by atoms with Gasteiger partial charge in [0.2, 0.25) is 5.91 Å². The van der Waals surface area contributed by atoms with Crippen LogP contribution in [0, 0.1) is 12.3 Å². The molecule has 0 spiro atoms. The molecule has 0 aromatic heterocycles. The molecule has 0 heterocycles. The van der Waals surface area contributed by atoms with Crippen molar-refractivity contribution in [1.29, 1.82) is 0 Å². The van der Waals surface area contributed by atoms with Crippen LogP contribution in [0.4, 0.5) is 5.69 Å². The molecule has 0 aliphatic heterocycles. The van der Waals surface area contributed by atoms with Gasteiger partial charge in [-0.3, -0.25) is 14.1 Å². The summed E-state index contributed by atoms with van der Waals surface area (Å²) in [5.41, 5.74) is 7.67. The van der Waals surface area contributed by atoms with E-state index in [1.54, 1.807) is 12.1 Å². The third-order valence-corrected chi connectivity index (χ3v) is 10.3. The summed E-state index contributed by atoms with van der Waals surface area (Å²) >= 11 is 6.15. The van der Waals surface area contributed by atoms with E-state index < -0.39 is 27.7 Å². The van der Waals surface area contributed by atoms with Gasteiger partial charge in [0.25, 0.3) is 16.0 Å². The van der Waals surface area contributed by atoms with E-state index in [1.807, 2.05) is 73.7 Å². The normalized spacial score (nSPS) is 15.4. The van der Waals surface area contributed by atoms with Gasteiger partial charge >= 0.3 is 0 Å². The Morgan fingerprint density at radius 2 is 1.62 bits per heavy atom. The molecule has 0 unspecified atom stereocenters. The van der Waals surface area contributed by atoms with E-state index in [2.05, 4.69) is 36.6 Å². The molecule has 3 N–H and O–H groups in total. The molecule has 48 heavy (non-hydrogen) atoms. The van der Waals surface area contributed by atoms with E-state index in [-0.39, 0.29) is 12.5 Å².